The first-order valence-corrected chi connectivity index (χ1v) is 10.6. The number of aryl methyl sites for hydroxylation is 1. The number of para-hydroxylation sites is 1. The van der Waals surface area contributed by atoms with Gasteiger partial charge in [-0.1, -0.05) is 35.1 Å². The van der Waals surface area contributed by atoms with Gasteiger partial charge >= 0.3 is 6.01 Å². The quantitative estimate of drug-likeness (QED) is 0.420. The number of aromatic nitrogens is 5. The van der Waals surface area contributed by atoms with Crippen molar-refractivity contribution in [3.8, 4) is 22.3 Å². The van der Waals surface area contributed by atoms with Crippen LogP contribution in [0, 0.1) is 6.92 Å². The van der Waals surface area contributed by atoms with E-state index in [4.69, 9.17) is 16.3 Å². The first kappa shape index (κ1) is 21.1. The second kappa shape index (κ2) is 9.34. The molecule has 0 aliphatic carbocycles. The van der Waals surface area contributed by atoms with Crippen LogP contribution in [-0.4, -0.2) is 43.9 Å². The summed E-state index contributed by atoms with van der Waals surface area (Å²) in [6.07, 6.45) is 5.20. The number of hydrogen-bond acceptors (Lipinski definition) is 9. The molecule has 0 radical (unpaired) electrons. The number of anilines is 2. The van der Waals surface area contributed by atoms with E-state index in [0.29, 0.717) is 27.4 Å². The Kier molecular flexibility index (Phi) is 6.36. The highest BCUT2D eigenvalue weighted by atomic mass is 35.5. The topological polar surface area (TPSA) is 89.0 Å². The lowest BCUT2D eigenvalue weighted by atomic mass is 10.3. The minimum atomic E-state index is 0.230. The SMILES string of the molecule is Cc1cc(-c2cnc(Nc3cnc(CN(C)C)cn3)s2)nc(Oc2ccccc2Cl)n1. The van der Waals surface area contributed by atoms with Crippen LogP contribution in [0.25, 0.3) is 10.6 Å². The van der Waals surface area contributed by atoms with E-state index in [1.807, 2.05) is 44.1 Å². The average Bonchev–Trinajstić information content (AvgIpc) is 3.19. The van der Waals surface area contributed by atoms with Gasteiger partial charge < -0.3 is 15.0 Å². The zero-order chi connectivity index (χ0) is 21.8. The monoisotopic (exact) mass is 453 g/mol. The van der Waals surface area contributed by atoms with Crippen molar-refractivity contribution >= 4 is 33.9 Å². The van der Waals surface area contributed by atoms with Crippen LogP contribution >= 0.6 is 22.9 Å². The molecule has 0 saturated heterocycles. The fourth-order valence-electron chi connectivity index (χ4n) is 2.72. The second-order valence-electron chi connectivity index (χ2n) is 7.00. The lowest BCUT2D eigenvalue weighted by Crippen LogP contribution is -2.12. The molecule has 0 atom stereocenters. The molecule has 0 spiro atoms. The molecule has 0 bridgehead atoms. The number of hydrogen-bond donors (Lipinski definition) is 1. The van der Waals surface area contributed by atoms with Gasteiger partial charge in [-0.2, -0.15) is 4.98 Å². The molecule has 0 aliphatic heterocycles. The van der Waals surface area contributed by atoms with E-state index >= 15 is 0 Å². The van der Waals surface area contributed by atoms with Gasteiger partial charge in [0.2, 0.25) is 0 Å². The molecule has 1 N–H and O–H groups in total. The Morgan fingerprint density at radius 3 is 2.65 bits per heavy atom. The summed E-state index contributed by atoms with van der Waals surface area (Å²) in [5.74, 6) is 1.13. The molecule has 0 fully saturated rings. The van der Waals surface area contributed by atoms with Gasteiger partial charge in [0, 0.05) is 18.4 Å². The lowest BCUT2D eigenvalue weighted by Gasteiger charge is -2.08. The van der Waals surface area contributed by atoms with Crippen LogP contribution in [0.15, 0.2) is 48.9 Å². The molecule has 3 heterocycles. The highest BCUT2D eigenvalue weighted by Gasteiger charge is 2.12. The molecule has 4 rings (SSSR count). The van der Waals surface area contributed by atoms with E-state index in [-0.39, 0.29) is 6.01 Å². The number of benzene rings is 1. The largest absolute Gasteiger partial charge is 0.423 e. The molecule has 158 valence electrons. The van der Waals surface area contributed by atoms with Gasteiger partial charge in [0.05, 0.1) is 33.7 Å². The van der Waals surface area contributed by atoms with Gasteiger partial charge in [0.25, 0.3) is 0 Å². The van der Waals surface area contributed by atoms with E-state index in [1.54, 1.807) is 30.7 Å². The predicted octanol–water partition coefficient (Wildman–Crippen LogP) is 4.95. The van der Waals surface area contributed by atoms with E-state index < -0.39 is 0 Å². The van der Waals surface area contributed by atoms with Crippen molar-refractivity contribution in [3.63, 3.8) is 0 Å². The van der Waals surface area contributed by atoms with E-state index in [9.17, 15) is 0 Å². The van der Waals surface area contributed by atoms with Crippen LogP contribution in [0.4, 0.5) is 10.9 Å². The first-order chi connectivity index (χ1) is 15.0. The zero-order valence-corrected chi connectivity index (χ0v) is 18.8. The molecule has 0 aliphatic rings. The van der Waals surface area contributed by atoms with E-state index in [1.165, 1.54) is 11.3 Å². The zero-order valence-electron chi connectivity index (χ0n) is 17.2. The highest BCUT2D eigenvalue weighted by molar-refractivity contribution is 7.18. The third-order valence-electron chi connectivity index (χ3n) is 4.05. The first-order valence-electron chi connectivity index (χ1n) is 9.43. The standard InChI is InChI=1S/C21H20ClN7OS/c1-13-8-16(27-20(26-13)30-17-7-5-4-6-15(17)22)18-10-25-21(31-18)28-19-11-23-14(9-24-19)12-29(2)3/h4-11H,12H2,1-3H3,(H,24,25,28). The molecule has 31 heavy (non-hydrogen) atoms. The van der Waals surface area contributed by atoms with E-state index in [2.05, 4.69) is 30.2 Å². The van der Waals surface area contributed by atoms with Crippen molar-refractivity contribution in [2.75, 3.05) is 19.4 Å². The summed E-state index contributed by atoms with van der Waals surface area (Å²) < 4.78 is 5.79. The summed E-state index contributed by atoms with van der Waals surface area (Å²) in [5, 5.41) is 4.37. The van der Waals surface area contributed by atoms with Crippen molar-refractivity contribution in [2.24, 2.45) is 0 Å². The summed E-state index contributed by atoms with van der Waals surface area (Å²) in [4.78, 5) is 25.0. The van der Waals surface area contributed by atoms with Crippen LogP contribution in [-0.2, 0) is 6.54 Å². The van der Waals surface area contributed by atoms with E-state index in [0.717, 1.165) is 22.8 Å². The van der Waals surface area contributed by atoms with Crippen LogP contribution < -0.4 is 10.1 Å². The third kappa shape index (κ3) is 5.52. The summed E-state index contributed by atoms with van der Waals surface area (Å²) in [6, 6.07) is 9.32. The Bertz CT molecular complexity index is 1180. The molecule has 0 saturated carbocycles. The Labute approximate surface area is 189 Å². The summed E-state index contributed by atoms with van der Waals surface area (Å²) in [5.41, 5.74) is 2.39. The molecule has 10 heteroatoms. The van der Waals surface area contributed by atoms with Crippen molar-refractivity contribution in [3.05, 3.63) is 65.3 Å². The Hall–Kier alpha value is -3.14. The minimum absolute atomic E-state index is 0.230. The summed E-state index contributed by atoms with van der Waals surface area (Å²) in [7, 11) is 3.98. The Balaban J connectivity index is 1.51. The second-order valence-corrected chi connectivity index (χ2v) is 8.43. The van der Waals surface area contributed by atoms with Gasteiger partial charge in [0.1, 0.15) is 5.75 Å². The number of thiazole rings is 1. The molecule has 0 amide bonds. The molecule has 1 aromatic carbocycles. The molecule has 0 unspecified atom stereocenters. The molecular weight excluding hydrogens is 434 g/mol. The number of ether oxygens (including phenoxy) is 1. The number of nitrogens with one attached hydrogen (secondary N) is 1. The fourth-order valence-corrected chi connectivity index (χ4v) is 3.68. The number of halogens is 1. The van der Waals surface area contributed by atoms with Gasteiger partial charge in [0.15, 0.2) is 10.9 Å². The fraction of sp³-hybridized carbons (Fsp3) is 0.190. The van der Waals surface area contributed by atoms with Crippen LogP contribution in [0.3, 0.4) is 0 Å². The maximum atomic E-state index is 6.18. The van der Waals surface area contributed by atoms with Gasteiger partial charge in [-0.15, -0.1) is 0 Å². The Morgan fingerprint density at radius 1 is 1.06 bits per heavy atom. The Morgan fingerprint density at radius 2 is 1.90 bits per heavy atom. The average molecular weight is 454 g/mol. The summed E-state index contributed by atoms with van der Waals surface area (Å²) in [6.45, 7) is 2.62. The maximum absolute atomic E-state index is 6.18. The third-order valence-corrected chi connectivity index (χ3v) is 5.30. The normalized spacial score (nSPS) is 11.0. The van der Waals surface area contributed by atoms with Gasteiger partial charge in [-0.05, 0) is 39.2 Å². The van der Waals surface area contributed by atoms with Crippen LogP contribution in [0.2, 0.25) is 5.02 Å². The lowest BCUT2D eigenvalue weighted by molar-refractivity contribution is 0.396. The molecule has 8 nitrogen and oxygen atoms in total. The van der Waals surface area contributed by atoms with Crippen LogP contribution in [0.5, 0.6) is 11.8 Å². The van der Waals surface area contributed by atoms with Crippen molar-refractivity contribution < 1.29 is 4.74 Å². The maximum Gasteiger partial charge on any atom is 0.322 e. The molecule has 3 aromatic heterocycles. The van der Waals surface area contributed by atoms with Crippen molar-refractivity contribution in [2.45, 2.75) is 13.5 Å². The van der Waals surface area contributed by atoms with Gasteiger partial charge in [-0.25, -0.2) is 15.0 Å². The van der Waals surface area contributed by atoms with Crippen LogP contribution in [0.1, 0.15) is 11.4 Å². The van der Waals surface area contributed by atoms with Gasteiger partial charge in [-0.3, -0.25) is 4.98 Å². The number of rotatable bonds is 7. The summed E-state index contributed by atoms with van der Waals surface area (Å²) >= 11 is 7.63. The molecular formula is C21H20ClN7OS. The highest BCUT2D eigenvalue weighted by Crippen LogP contribution is 2.32. The minimum Gasteiger partial charge on any atom is -0.423 e. The van der Waals surface area contributed by atoms with Crippen molar-refractivity contribution in [1.29, 1.82) is 0 Å². The smallest absolute Gasteiger partial charge is 0.322 e. The van der Waals surface area contributed by atoms with Crippen molar-refractivity contribution in [1.82, 2.24) is 29.8 Å². The molecule has 4 aromatic rings. The number of nitrogens with zero attached hydrogens (tertiary/aromatic N) is 6. The predicted molar refractivity (Wildman–Crippen MR) is 122 cm³/mol.